The molecule has 0 amide bonds. The summed E-state index contributed by atoms with van der Waals surface area (Å²) in [5.74, 6) is -2.07. The quantitative estimate of drug-likeness (QED) is 0.372. The van der Waals surface area contributed by atoms with Crippen LogP contribution in [0.5, 0.6) is 5.75 Å². The molecule has 1 heterocycles. The van der Waals surface area contributed by atoms with Gasteiger partial charge in [-0.05, 0) is 78.5 Å². The van der Waals surface area contributed by atoms with Crippen molar-refractivity contribution in [3.05, 3.63) is 29.3 Å². The Kier molecular flexibility index (Phi) is 4.84. The van der Waals surface area contributed by atoms with Crippen molar-refractivity contribution in [3.8, 4) is 5.75 Å². The molecule has 1 aliphatic heterocycles. The third-order valence-corrected chi connectivity index (χ3v) is 8.41. The number of aliphatic carboxylic acids is 1. The molecule has 4 aliphatic rings. The van der Waals surface area contributed by atoms with Crippen LogP contribution in [-0.4, -0.2) is 79.5 Å². The topological polar surface area (TPSA) is 157 Å². The number of carbonyl (C=O) groups is 1. The van der Waals surface area contributed by atoms with E-state index in [0.29, 0.717) is 25.7 Å². The van der Waals surface area contributed by atoms with Crippen LogP contribution in [0.4, 0.5) is 0 Å². The van der Waals surface area contributed by atoms with Gasteiger partial charge >= 0.3 is 5.97 Å². The van der Waals surface area contributed by atoms with Crippen LogP contribution >= 0.6 is 0 Å². The Morgan fingerprint density at radius 2 is 2.00 bits per heavy atom. The molecular weight excluding hydrogens is 432 g/mol. The molecular formula is C24H32O9. The lowest BCUT2D eigenvalue weighted by Crippen LogP contribution is -2.61. The molecule has 0 unspecified atom stereocenters. The molecule has 0 bridgehead atoms. The highest BCUT2D eigenvalue weighted by atomic mass is 16.7. The van der Waals surface area contributed by atoms with E-state index >= 15 is 0 Å². The van der Waals surface area contributed by atoms with E-state index in [9.17, 15) is 35.4 Å². The maximum absolute atomic E-state index is 11.4. The van der Waals surface area contributed by atoms with Crippen molar-refractivity contribution in [2.45, 2.75) is 87.8 Å². The van der Waals surface area contributed by atoms with Crippen molar-refractivity contribution in [2.24, 2.45) is 17.3 Å². The summed E-state index contributed by atoms with van der Waals surface area (Å²) in [4.78, 5) is 11.4. The summed E-state index contributed by atoms with van der Waals surface area (Å²) in [6, 6.07) is 1.49. The summed E-state index contributed by atoms with van der Waals surface area (Å²) in [5.41, 5.74) is 0.683. The Bertz CT molecular complexity index is 1070. The summed E-state index contributed by atoms with van der Waals surface area (Å²) in [6.45, 7) is 1.82. The molecule has 33 heavy (non-hydrogen) atoms. The minimum absolute atomic E-state index is 0.0138. The second-order valence-electron chi connectivity index (χ2n) is 10.0. The van der Waals surface area contributed by atoms with Crippen LogP contribution in [-0.2, 0) is 20.7 Å². The van der Waals surface area contributed by atoms with Gasteiger partial charge < -0.3 is 40.1 Å². The van der Waals surface area contributed by atoms with E-state index in [1.165, 1.54) is 0 Å². The zero-order chi connectivity index (χ0) is 26.3. The first-order valence-corrected chi connectivity index (χ1v) is 11.4. The van der Waals surface area contributed by atoms with Gasteiger partial charge in [0.05, 0.1) is 16.3 Å². The van der Waals surface area contributed by atoms with E-state index in [1.807, 2.05) is 6.92 Å². The number of benzene rings is 1. The number of phenolic OH excluding ortho intramolecular Hbond substituents is 1. The summed E-state index contributed by atoms with van der Waals surface area (Å²) in [7, 11) is 0. The predicted molar refractivity (Wildman–Crippen MR) is 113 cm³/mol. The fourth-order valence-corrected chi connectivity index (χ4v) is 6.64. The van der Waals surface area contributed by atoms with Crippen molar-refractivity contribution in [2.75, 3.05) is 0 Å². The number of ether oxygens (including phenoxy) is 2. The highest BCUT2D eigenvalue weighted by Gasteiger charge is 2.59. The molecule has 0 radical (unpaired) electrons. The molecule has 11 atom stereocenters. The Balaban J connectivity index is 1.42. The number of aliphatic hydroxyl groups excluding tert-OH is 3. The Morgan fingerprint density at radius 3 is 2.73 bits per heavy atom. The van der Waals surface area contributed by atoms with Gasteiger partial charge in [-0.3, -0.25) is 0 Å². The Morgan fingerprint density at radius 1 is 1.24 bits per heavy atom. The average molecular weight is 468 g/mol. The van der Waals surface area contributed by atoms with Crippen molar-refractivity contribution in [1.82, 2.24) is 0 Å². The van der Waals surface area contributed by atoms with E-state index in [1.54, 1.807) is 6.07 Å². The first kappa shape index (κ1) is 19.5. The summed E-state index contributed by atoms with van der Waals surface area (Å²) < 4.78 is 36.2. The summed E-state index contributed by atoms with van der Waals surface area (Å²) in [6.07, 6.45) is -9.83. The normalized spacial score (nSPS) is 50.3. The fourth-order valence-electron chi connectivity index (χ4n) is 6.64. The SMILES string of the molecule is [2H]c1cc2c(c([2H])c1O)CC[C@@H]1[C@@H]2CC[C@@]2(C)[C@H]1C[C@@H](O[C@@H]1O[C@H](C(=O)O)[C@@H](O)[C@H](O)[C@H]1O)[C@]2([2H])O. The number of aliphatic hydroxyl groups is 4. The molecule has 6 N–H and O–H groups in total. The van der Waals surface area contributed by atoms with E-state index in [-0.39, 0.29) is 42.0 Å². The number of rotatable bonds is 3. The van der Waals surface area contributed by atoms with Crippen LogP contribution in [0.1, 0.15) is 53.8 Å². The van der Waals surface area contributed by atoms with Gasteiger partial charge in [0.25, 0.3) is 0 Å². The van der Waals surface area contributed by atoms with Gasteiger partial charge in [0.2, 0.25) is 0 Å². The van der Waals surface area contributed by atoms with Gasteiger partial charge in [-0.2, -0.15) is 0 Å². The number of fused-ring (bicyclic) bond motifs is 5. The van der Waals surface area contributed by atoms with Gasteiger partial charge in [0.15, 0.2) is 12.4 Å². The van der Waals surface area contributed by atoms with Crippen molar-refractivity contribution in [3.63, 3.8) is 0 Å². The molecule has 0 aromatic heterocycles. The van der Waals surface area contributed by atoms with Crippen LogP contribution in [0, 0.1) is 17.3 Å². The Hall–Kier alpha value is -1.75. The lowest BCUT2D eigenvalue weighted by Gasteiger charge is -2.49. The van der Waals surface area contributed by atoms with Crippen LogP contribution in [0.15, 0.2) is 18.2 Å². The highest BCUT2D eigenvalue weighted by Crippen LogP contribution is 2.61. The first-order valence-electron chi connectivity index (χ1n) is 12.9. The molecule has 182 valence electrons. The number of hydrogen-bond acceptors (Lipinski definition) is 8. The largest absolute Gasteiger partial charge is 0.508 e. The van der Waals surface area contributed by atoms with E-state index < -0.39 is 54.3 Å². The molecule has 3 aliphatic carbocycles. The Labute approximate surface area is 195 Å². The molecule has 2 saturated carbocycles. The molecule has 1 saturated heterocycles. The zero-order valence-corrected chi connectivity index (χ0v) is 18.2. The van der Waals surface area contributed by atoms with Gasteiger partial charge in [-0.15, -0.1) is 0 Å². The van der Waals surface area contributed by atoms with E-state index in [4.69, 9.17) is 13.6 Å². The van der Waals surface area contributed by atoms with Gasteiger partial charge in [-0.1, -0.05) is 13.0 Å². The molecule has 9 heteroatoms. The third kappa shape index (κ3) is 3.57. The molecule has 5 rings (SSSR count). The van der Waals surface area contributed by atoms with Crippen LogP contribution in [0.2, 0.25) is 0 Å². The lowest BCUT2D eigenvalue weighted by molar-refractivity contribution is -0.309. The fraction of sp³-hybridized carbons (Fsp3) is 0.708. The molecule has 3 fully saturated rings. The minimum atomic E-state index is -2.11. The maximum Gasteiger partial charge on any atom is 0.335 e. The second-order valence-corrected chi connectivity index (χ2v) is 10.0. The third-order valence-electron chi connectivity index (χ3n) is 8.41. The molecule has 1 aromatic carbocycles. The predicted octanol–water partition coefficient (Wildman–Crippen LogP) is 0.496. The first-order chi connectivity index (χ1) is 16.8. The number of aromatic hydroxyl groups is 1. The summed E-state index contributed by atoms with van der Waals surface area (Å²) >= 11 is 0. The van der Waals surface area contributed by atoms with Crippen molar-refractivity contribution in [1.29, 1.82) is 0 Å². The number of hydrogen-bond donors (Lipinski definition) is 6. The zero-order valence-electron chi connectivity index (χ0n) is 21.2. The smallest absolute Gasteiger partial charge is 0.335 e. The lowest BCUT2D eigenvalue weighted by atomic mass is 9.55. The van der Waals surface area contributed by atoms with Gasteiger partial charge in [0, 0.05) is 0 Å². The maximum atomic E-state index is 11.4. The van der Waals surface area contributed by atoms with E-state index in [0.717, 1.165) is 11.1 Å². The van der Waals surface area contributed by atoms with E-state index in [2.05, 4.69) is 0 Å². The minimum Gasteiger partial charge on any atom is -0.508 e. The number of carboxylic acids is 1. The van der Waals surface area contributed by atoms with Crippen molar-refractivity contribution < 1.29 is 49.0 Å². The average Bonchev–Trinajstić information content (AvgIpc) is 3.02. The van der Waals surface area contributed by atoms with Crippen molar-refractivity contribution >= 4 is 5.97 Å². The molecule has 9 nitrogen and oxygen atoms in total. The standard InChI is InChI=1S/C24H32O9/c1-24-7-6-13-12-5-3-11(25)8-10(12)2-4-14(13)15(24)9-16(21(24)29)32-23-19(28)17(26)18(27)20(33-23)22(30)31/h3,5,8,13-21,23,25-29H,2,4,6-7,9H2,1H3,(H,30,31)/t13-,14-,15+,16-,17+,18+,19-,20+,21+,23-,24+/m1/s1/i3D,8D,21D. The second kappa shape index (κ2) is 8.18. The van der Waals surface area contributed by atoms with Gasteiger partial charge in [-0.25, -0.2) is 4.79 Å². The number of carboxylic acid groups (broad SMARTS) is 1. The highest BCUT2D eigenvalue weighted by molar-refractivity contribution is 5.73. The van der Waals surface area contributed by atoms with Crippen LogP contribution in [0.25, 0.3) is 0 Å². The monoisotopic (exact) mass is 467 g/mol. The summed E-state index contributed by atoms with van der Waals surface area (Å²) in [5, 5.41) is 61.2. The molecule has 1 aromatic rings. The van der Waals surface area contributed by atoms with Gasteiger partial charge in [0.1, 0.15) is 24.1 Å². The molecule has 0 spiro atoms. The van der Waals surface area contributed by atoms with Crippen LogP contribution in [0.3, 0.4) is 0 Å². The van der Waals surface area contributed by atoms with Crippen LogP contribution < -0.4 is 0 Å². The number of phenols is 1.